The molecule has 0 unspecified atom stereocenters. The Morgan fingerprint density at radius 2 is 2.55 bits per heavy atom. The van der Waals surface area contributed by atoms with Crippen molar-refractivity contribution in [2.24, 2.45) is 5.90 Å². The molecule has 11 heavy (non-hydrogen) atoms. The summed E-state index contributed by atoms with van der Waals surface area (Å²) in [6.07, 6.45) is 0. The topological polar surface area (TPSA) is 72.5 Å². The summed E-state index contributed by atoms with van der Waals surface area (Å²) in [5, 5.41) is 10.1. The SMILES string of the molecule is NOCc1cc(C(=O)O)cs1. The van der Waals surface area contributed by atoms with Crippen molar-refractivity contribution in [2.45, 2.75) is 6.61 Å². The van der Waals surface area contributed by atoms with Gasteiger partial charge in [-0.25, -0.2) is 10.7 Å². The van der Waals surface area contributed by atoms with E-state index in [4.69, 9.17) is 11.0 Å². The predicted molar refractivity (Wildman–Crippen MR) is 40.3 cm³/mol. The summed E-state index contributed by atoms with van der Waals surface area (Å²) >= 11 is 1.32. The third-order valence-electron chi connectivity index (χ3n) is 1.13. The van der Waals surface area contributed by atoms with E-state index in [0.29, 0.717) is 0 Å². The van der Waals surface area contributed by atoms with E-state index >= 15 is 0 Å². The lowest BCUT2D eigenvalue weighted by Crippen LogP contribution is -1.97. The zero-order chi connectivity index (χ0) is 8.27. The van der Waals surface area contributed by atoms with E-state index in [1.807, 2.05) is 0 Å². The van der Waals surface area contributed by atoms with Gasteiger partial charge in [-0.2, -0.15) is 0 Å². The van der Waals surface area contributed by atoms with Crippen LogP contribution in [0.1, 0.15) is 15.2 Å². The van der Waals surface area contributed by atoms with E-state index < -0.39 is 5.97 Å². The Morgan fingerprint density at radius 1 is 1.82 bits per heavy atom. The van der Waals surface area contributed by atoms with Gasteiger partial charge in [-0.05, 0) is 6.07 Å². The van der Waals surface area contributed by atoms with E-state index in [9.17, 15) is 4.79 Å². The third kappa shape index (κ3) is 2.01. The summed E-state index contributed by atoms with van der Waals surface area (Å²) in [6, 6.07) is 1.54. The molecule has 0 saturated carbocycles. The summed E-state index contributed by atoms with van der Waals surface area (Å²) in [5.41, 5.74) is 0.280. The molecule has 0 radical (unpaired) electrons. The van der Waals surface area contributed by atoms with Crippen molar-refractivity contribution in [3.05, 3.63) is 21.9 Å². The van der Waals surface area contributed by atoms with Crippen LogP contribution < -0.4 is 5.90 Å². The van der Waals surface area contributed by atoms with Crippen LogP contribution in [0.5, 0.6) is 0 Å². The van der Waals surface area contributed by atoms with Gasteiger partial charge >= 0.3 is 5.97 Å². The molecule has 1 heterocycles. The lowest BCUT2D eigenvalue weighted by atomic mass is 10.3. The van der Waals surface area contributed by atoms with Crippen molar-refractivity contribution in [1.82, 2.24) is 0 Å². The highest BCUT2D eigenvalue weighted by Crippen LogP contribution is 2.14. The normalized spacial score (nSPS) is 9.91. The van der Waals surface area contributed by atoms with Crippen LogP contribution in [0, 0.1) is 0 Å². The van der Waals surface area contributed by atoms with Gasteiger partial charge in [-0.15, -0.1) is 11.3 Å². The lowest BCUT2D eigenvalue weighted by molar-refractivity contribution is 0.0697. The van der Waals surface area contributed by atoms with E-state index in [2.05, 4.69) is 4.84 Å². The maximum Gasteiger partial charge on any atom is 0.336 e. The van der Waals surface area contributed by atoms with E-state index in [-0.39, 0.29) is 12.2 Å². The number of hydrogen-bond donors (Lipinski definition) is 2. The molecule has 0 bridgehead atoms. The van der Waals surface area contributed by atoms with Gasteiger partial charge in [0.1, 0.15) is 6.61 Å². The first-order valence-corrected chi connectivity index (χ1v) is 3.74. The standard InChI is InChI=1S/C6H7NO3S/c7-10-2-5-1-4(3-11-5)6(8)9/h1,3H,2,7H2,(H,8,9). The molecule has 0 aromatic carbocycles. The van der Waals surface area contributed by atoms with Crippen LogP contribution in [-0.4, -0.2) is 11.1 Å². The number of hydrogen-bond acceptors (Lipinski definition) is 4. The second kappa shape index (κ2) is 3.47. The van der Waals surface area contributed by atoms with Crippen molar-refractivity contribution in [3.8, 4) is 0 Å². The molecule has 1 aromatic heterocycles. The minimum atomic E-state index is -0.926. The van der Waals surface area contributed by atoms with Crippen LogP contribution in [0.25, 0.3) is 0 Å². The van der Waals surface area contributed by atoms with E-state index in [0.717, 1.165) is 4.88 Å². The molecule has 0 aliphatic rings. The summed E-state index contributed by atoms with van der Waals surface area (Å²) < 4.78 is 0. The quantitative estimate of drug-likeness (QED) is 0.664. The molecular formula is C6H7NO3S. The molecule has 0 atom stereocenters. The Labute approximate surface area is 67.2 Å². The van der Waals surface area contributed by atoms with Gasteiger partial charge < -0.3 is 5.11 Å². The molecule has 3 N–H and O–H groups in total. The van der Waals surface area contributed by atoms with Gasteiger partial charge in [-0.1, -0.05) is 0 Å². The Morgan fingerprint density at radius 3 is 3.00 bits per heavy atom. The lowest BCUT2D eigenvalue weighted by Gasteiger charge is -1.89. The second-order valence-electron chi connectivity index (χ2n) is 1.92. The molecule has 0 amide bonds. The molecule has 5 heteroatoms. The number of nitrogens with two attached hydrogens (primary N) is 1. The van der Waals surface area contributed by atoms with Crippen molar-refractivity contribution in [3.63, 3.8) is 0 Å². The molecule has 1 rings (SSSR count). The predicted octanol–water partition coefficient (Wildman–Crippen LogP) is 0.837. The van der Waals surface area contributed by atoms with Crippen LogP contribution in [-0.2, 0) is 11.4 Å². The first-order chi connectivity index (χ1) is 5.24. The first kappa shape index (κ1) is 8.19. The Balaban J connectivity index is 2.73. The van der Waals surface area contributed by atoms with Crippen LogP contribution >= 0.6 is 11.3 Å². The highest BCUT2D eigenvalue weighted by molar-refractivity contribution is 7.10. The monoisotopic (exact) mass is 173 g/mol. The summed E-state index contributed by atoms with van der Waals surface area (Å²) in [7, 11) is 0. The molecule has 0 saturated heterocycles. The summed E-state index contributed by atoms with van der Waals surface area (Å²) in [4.78, 5) is 15.5. The fourth-order valence-electron chi connectivity index (χ4n) is 0.651. The molecule has 60 valence electrons. The zero-order valence-corrected chi connectivity index (χ0v) is 6.43. The molecule has 0 spiro atoms. The summed E-state index contributed by atoms with van der Waals surface area (Å²) in [6.45, 7) is 0.262. The van der Waals surface area contributed by atoms with Crippen molar-refractivity contribution >= 4 is 17.3 Å². The molecule has 0 aliphatic heterocycles. The van der Waals surface area contributed by atoms with Gasteiger partial charge in [0.2, 0.25) is 0 Å². The fourth-order valence-corrected chi connectivity index (χ4v) is 1.43. The smallest absolute Gasteiger partial charge is 0.336 e. The maximum atomic E-state index is 10.4. The van der Waals surface area contributed by atoms with Crippen molar-refractivity contribution < 1.29 is 14.7 Å². The fraction of sp³-hybridized carbons (Fsp3) is 0.167. The second-order valence-corrected chi connectivity index (χ2v) is 2.91. The maximum absolute atomic E-state index is 10.4. The molecular weight excluding hydrogens is 166 g/mol. The molecule has 4 nitrogen and oxygen atoms in total. The molecule has 0 aliphatic carbocycles. The molecule has 1 aromatic rings. The largest absolute Gasteiger partial charge is 0.478 e. The highest BCUT2D eigenvalue weighted by Gasteiger charge is 2.05. The third-order valence-corrected chi connectivity index (χ3v) is 2.04. The first-order valence-electron chi connectivity index (χ1n) is 2.86. The average Bonchev–Trinajstić information content (AvgIpc) is 2.37. The van der Waals surface area contributed by atoms with Crippen molar-refractivity contribution in [2.75, 3.05) is 0 Å². The number of carbonyl (C=O) groups is 1. The minimum Gasteiger partial charge on any atom is -0.478 e. The van der Waals surface area contributed by atoms with Gasteiger partial charge in [0.15, 0.2) is 0 Å². The van der Waals surface area contributed by atoms with Crippen LogP contribution in [0.3, 0.4) is 0 Å². The molecule has 0 fully saturated rings. The van der Waals surface area contributed by atoms with Crippen LogP contribution in [0.4, 0.5) is 0 Å². The number of rotatable bonds is 3. The number of aromatic carboxylic acids is 1. The minimum absolute atomic E-state index is 0.262. The Kier molecular flexibility index (Phi) is 2.58. The van der Waals surface area contributed by atoms with Crippen LogP contribution in [0.15, 0.2) is 11.4 Å². The number of carboxylic acid groups (broad SMARTS) is 1. The van der Waals surface area contributed by atoms with E-state index in [1.165, 1.54) is 11.3 Å². The van der Waals surface area contributed by atoms with Gasteiger partial charge in [-0.3, -0.25) is 4.84 Å². The zero-order valence-electron chi connectivity index (χ0n) is 5.61. The number of carboxylic acids is 1. The van der Waals surface area contributed by atoms with Crippen molar-refractivity contribution in [1.29, 1.82) is 0 Å². The number of thiophene rings is 1. The highest BCUT2D eigenvalue weighted by atomic mass is 32.1. The van der Waals surface area contributed by atoms with E-state index in [1.54, 1.807) is 11.4 Å². The van der Waals surface area contributed by atoms with Crippen LogP contribution in [0.2, 0.25) is 0 Å². The Hall–Kier alpha value is -0.910. The summed E-state index contributed by atoms with van der Waals surface area (Å²) in [5.74, 6) is 3.88. The van der Waals surface area contributed by atoms with Gasteiger partial charge in [0.05, 0.1) is 5.56 Å². The Bertz CT molecular complexity index is 258. The van der Waals surface area contributed by atoms with Gasteiger partial charge in [0.25, 0.3) is 0 Å². The average molecular weight is 173 g/mol. The van der Waals surface area contributed by atoms with Gasteiger partial charge in [0, 0.05) is 10.3 Å².